The zero-order valence-corrected chi connectivity index (χ0v) is 14.7. The van der Waals surface area contributed by atoms with Crippen molar-refractivity contribution in [1.82, 2.24) is 15.2 Å². The molecule has 3 N–H and O–H groups in total. The number of nitrogens with one attached hydrogen (secondary N) is 2. The van der Waals surface area contributed by atoms with Gasteiger partial charge < -0.3 is 9.84 Å². The maximum atomic E-state index is 12.1. The highest BCUT2D eigenvalue weighted by Crippen LogP contribution is 2.28. The van der Waals surface area contributed by atoms with E-state index < -0.39 is 0 Å². The Labute approximate surface area is 154 Å². The van der Waals surface area contributed by atoms with Crippen molar-refractivity contribution in [3.05, 3.63) is 63.2 Å². The first-order chi connectivity index (χ1) is 12.6. The monoisotopic (exact) mass is 368 g/mol. The van der Waals surface area contributed by atoms with E-state index in [-0.39, 0.29) is 21.8 Å². The van der Waals surface area contributed by atoms with Crippen LogP contribution >= 0.6 is 12.2 Å². The standard InChI is InChI=1S/C18H16N4O3S/c1-2-25-15-9-11(7-8-14(15)23)10-19-13-6-4-3-5-12(13)16-17(24)20-18(26)22-21-16/h3-10,23H,2H2,1H3,(H2,20,22,24,26). The lowest BCUT2D eigenvalue weighted by atomic mass is 10.1. The Hall–Kier alpha value is -3.26. The van der Waals surface area contributed by atoms with Crippen molar-refractivity contribution < 1.29 is 9.84 Å². The number of aliphatic imine (C=N–C) groups is 1. The normalized spacial score (nSPS) is 11.0. The maximum absolute atomic E-state index is 12.1. The Kier molecular flexibility index (Phi) is 5.23. The van der Waals surface area contributed by atoms with Crippen LogP contribution < -0.4 is 10.3 Å². The fraction of sp³-hybridized carbons (Fsp3) is 0.111. The summed E-state index contributed by atoms with van der Waals surface area (Å²) in [6, 6.07) is 12.1. The van der Waals surface area contributed by atoms with Gasteiger partial charge >= 0.3 is 0 Å². The highest BCUT2D eigenvalue weighted by Gasteiger charge is 2.10. The van der Waals surface area contributed by atoms with Crippen molar-refractivity contribution in [2.45, 2.75) is 6.92 Å². The van der Waals surface area contributed by atoms with Crippen LogP contribution in [0.3, 0.4) is 0 Å². The second-order valence-corrected chi connectivity index (χ2v) is 5.70. The second-order valence-electron chi connectivity index (χ2n) is 5.29. The number of H-pyrrole nitrogens is 2. The number of phenols is 1. The molecule has 0 unspecified atom stereocenters. The minimum Gasteiger partial charge on any atom is -0.504 e. The molecule has 8 heteroatoms. The number of aromatic hydroxyl groups is 1. The van der Waals surface area contributed by atoms with Crippen molar-refractivity contribution in [3.63, 3.8) is 0 Å². The van der Waals surface area contributed by atoms with Gasteiger partial charge in [0.1, 0.15) is 0 Å². The van der Waals surface area contributed by atoms with E-state index in [2.05, 4.69) is 20.2 Å². The SMILES string of the molecule is CCOc1cc(C=Nc2ccccc2-c2n[nH]c(=S)[nH]c2=O)ccc1O. The topological polar surface area (TPSA) is 103 Å². The van der Waals surface area contributed by atoms with E-state index in [9.17, 15) is 9.90 Å². The summed E-state index contributed by atoms with van der Waals surface area (Å²) < 4.78 is 5.53. The number of benzene rings is 2. The van der Waals surface area contributed by atoms with E-state index >= 15 is 0 Å². The summed E-state index contributed by atoms with van der Waals surface area (Å²) in [5.74, 6) is 0.457. The quantitative estimate of drug-likeness (QED) is 0.473. The van der Waals surface area contributed by atoms with E-state index in [1.807, 2.05) is 13.0 Å². The van der Waals surface area contributed by atoms with Crippen LogP contribution in [0.25, 0.3) is 11.3 Å². The van der Waals surface area contributed by atoms with Crippen LogP contribution in [-0.2, 0) is 0 Å². The molecule has 0 aliphatic rings. The highest BCUT2D eigenvalue weighted by atomic mass is 32.1. The second kappa shape index (κ2) is 7.75. The molecule has 0 saturated heterocycles. The third-order valence-electron chi connectivity index (χ3n) is 3.51. The maximum Gasteiger partial charge on any atom is 0.278 e. The van der Waals surface area contributed by atoms with Gasteiger partial charge in [0.25, 0.3) is 5.56 Å². The largest absolute Gasteiger partial charge is 0.504 e. The van der Waals surface area contributed by atoms with Crippen LogP contribution in [0.2, 0.25) is 0 Å². The summed E-state index contributed by atoms with van der Waals surface area (Å²) in [6.07, 6.45) is 1.63. The Bertz CT molecular complexity index is 1070. The average molecular weight is 368 g/mol. The number of phenolic OH excluding ortho intramolecular Hbond substituents is 1. The molecule has 132 valence electrons. The molecule has 0 radical (unpaired) electrons. The zero-order chi connectivity index (χ0) is 18.5. The fourth-order valence-electron chi connectivity index (χ4n) is 2.34. The number of hydrogen-bond donors (Lipinski definition) is 3. The summed E-state index contributed by atoms with van der Waals surface area (Å²) in [7, 11) is 0. The smallest absolute Gasteiger partial charge is 0.278 e. The first-order valence-corrected chi connectivity index (χ1v) is 8.27. The number of aromatic amines is 2. The van der Waals surface area contributed by atoms with Gasteiger partial charge in [0.05, 0.1) is 12.3 Å². The lowest BCUT2D eigenvalue weighted by Crippen LogP contribution is -2.12. The molecule has 1 aromatic heterocycles. The van der Waals surface area contributed by atoms with Gasteiger partial charge in [-0.05, 0) is 49.0 Å². The van der Waals surface area contributed by atoms with Gasteiger partial charge in [-0.25, -0.2) is 0 Å². The third kappa shape index (κ3) is 3.86. The van der Waals surface area contributed by atoms with Crippen LogP contribution in [0, 0.1) is 4.77 Å². The zero-order valence-electron chi connectivity index (χ0n) is 13.9. The molecule has 0 amide bonds. The summed E-state index contributed by atoms with van der Waals surface area (Å²) >= 11 is 4.87. The Balaban J connectivity index is 1.99. The molecule has 1 heterocycles. The molecule has 7 nitrogen and oxygen atoms in total. The van der Waals surface area contributed by atoms with Crippen LogP contribution in [0.4, 0.5) is 5.69 Å². The van der Waals surface area contributed by atoms with Crippen LogP contribution in [0.15, 0.2) is 52.3 Å². The van der Waals surface area contributed by atoms with E-state index in [0.29, 0.717) is 23.6 Å². The van der Waals surface area contributed by atoms with Crippen LogP contribution in [0.5, 0.6) is 11.5 Å². The number of nitrogens with zero attached hydrogens (tertiary/aromatic N) is 2. The van der Waals surface area contributed by atoms with Crippen LogP contribution in [-0.4, -0.2) is 33.1 Å². The Morgan fingerprint density at radius 1 is 1.31 bits per heavy atom. The van der Waals surface area contributed by atoms with Gasteiger partial charge in [-0.3, -0.25) is 19.9 Å². The van der Waals surface area contributed by atoms with Gasteiger partial charge in [0.2, 0.25) is 0 Å². The molecule has 0 atom stereocenters. The number of para-hydroxylation sites is 1. The average Bonchev–Trinajstić information content (AvgIpc) is 2.63. The molecule has 0 spiro atoms. The van der Waals surface area contributed by atoms with Gasteiger partial charge in [0.15, 0.2) is 22.0 Å². The fourth-order valence-corrected chi connectivity index (χ4v) is 2.48. The molecule has 0 saturated carbocycles. The number of ether oxygens (including phenoxy) is 1. The Morgan fingerprint density at radius 2 is 2.12 bits per heavy atom. The summed E-state index contributed by atoms with van der Waals surface area (Å²) in [5.41, 5.74) is 1.70. The van der Waals surface area contributed by atoms with Crippen molar-refractivity contribution in [2.24, 2.45) is 4.99 Å². The van der Waals surface area contributed by atoms with Gasteiger partial charge in [-0.1, -0.05) is 18.2 Å². The number of rotatable bonds is 5. The highest BCUT2D eigenvalue weighted by molar-refractivity contribution is 7.71. The molecular weight excluding hydrogens is 352 g/mol. The molecule has 0 fully saturated rings. The molecule has 2 aromatic carbocycles. The minimum atomic E-state index is -0.389. The molecule has 0 aliphatic carbocycles. The van der Waals surface area contributed by atoms with Crippen LogP contribution in [0.1, 0.15) is 12.5 Å². The first kappa shape index (κ1) is 17.6. The minimum absolute atomic E-state index is 0.0691. The summed E-state index contributed by atoms with van der Waals surface area (Å²) in [4.78, 5) is 19.1. The van der Waals surface area contributed by atoms with Gasteiger partial charge in [0, 0.05) is 11.8 Å². The van der Waals surface area contributed by atoms with E-state index in [4.69, 9.17) is 17.0 Å². The molecule has 0 bridgehead atoms. The van der Waals surface area contributed by atoms with E-state index in [1.165, 1.54) is 0 Å². The predicted molar refractivity (Wildman–Crippen MR) is 102 cm³/mol. The Morgan fingerprint density at radius 3 is 2.88 bits per heavy atom. The summed E-state index contributed by atoms with van der Waals surface area (Å²) in [6.45, 7) is 2.28. The van der Waals surface area contributed by atoms with Gasteiger partial charge in [-0.15, -0.1) is 0 Å². The molecular formula is C18H16N4O3S. The molecule has 26 heavy (non-hydrogen) atoms. The predicted octanol–water partition coefficient (Wildman–Crippen LogP) is 3.35. The van der Waals surface area contributed by atoms with Gasteiger partial charge in [-0.2, -0.15) is 5.10 Å². The number of hydrogen-bond acceptors (Lipinski definition) is 6. The van der Waals surface area contributed by atoms with Crippen molar-refractivity contribution in [1.29, 1.82) is 0 Å². The van der Waals surface area contributed by atoms with E-state index in [0.717, 1.165) is 5.56 Å². The summed E-state index contributed by atoms with van der Waals surface area (Å²) in [5, 5.41) is 16.4. The van der Waals surface area contributed by atoms with Crippen molar-refractivity contribution in [3.8, 4) is 22.8 Å². The van der Waals surface area contributed by atoms with Crippen molar-refractivity contribution in [2.75, 3.05) is 6.61 Å². The lowest BCUT2D eigenvalue weighted by molar-refractivity contribution is 0.318. The first-order valence-electron chi connectivity index (χ1n) is 7.86. The van der Waals surface area contributed by atoms with E-state index in [1.54, 1.807) is 42.6 Å². The van der Waals surface area contributed by atoms with Crippen molar-refractivity contribution >= 4 is 24.1 Å². The number of aromatic nitrogens is 3. The molecule has 3 rings (SSSR count). The molecule has 0 aliphatic heterocycles. The lowest BCUT2D eigenvalue weighted by Gasteiger charge is -2.06. The molecule has 3 aromatic rings. The third-order valence-corrected chi connectivity index (χ3v) is 3.70.